The Bertz CT molecular complexity index is 300. The minimum atomic E-state index is -0.541. The summed E-state index contributed by atoms with van der Waals surface area (Å²) in [5.74, 6) is -1.30. The highest BCUT2D eigenvalue weighted by Crippen LogP contribution is 2.28. The molecule has 6 nitrogen and oxygen atoms in total. The van der Waals surface area contributed by atoms with Crippen LogP contribution in [-0.2, 0) is 28.6 Å². The van der Waals surface area contributed by atoms with E-state index in [1.54, 1.807) is 0 Å². The SMILES string of the molecule is CC(=O)OC1C[C@H](OC(C)=O)[C@H](OC(C)=O)C1. The van der Waals surface area contributed by atoms with Gasteiger partial charge in [0.25, 0.3) is 0 Å². The van der Waals surface area contributed by atoms with Crippen LogP contribution >= 0.6 is 0 Å². The van der Waals surface area contributed by atoms with Crippen molar-refractivity contribution in [2.24, 2.45) is 0 Å². The van der Waals surface area contributed by atoms with E-state index in [0.29, 0.717) is 12.8 Å². The Morgan fingerprint density at radius 1 is 0.765 bits per heavy atom. The van der Waals surface area contributed by atoms with Gasteiger partial charge in [0.1, 0.15) is 18.3 Å². The molecule has 96 valence electrons. The summed E-state index contributed by atoms with van der Waals surface area (Å²) >= 11 is 0. The van der Waals surface area contributed by atoms with Crippen LogP contribution in [0.15, 0.2) is 0 Å². The average Bonchev–Trinajstić information content (AvgIpc) is 2.44. The first-order chi connectivity index (χ1) is 7.88. The van der Waals surface area contributed by atoms with Crippen molar-refractivity contribution in [3.63, 3.8) is 0 Å². The van der Waals surface area contributed by atoms with Crippen LogP contribution in [0.5, 0.6) is 0 Å². The molecule has 6 heteroatoms. The van der Waals surface area contributed by atoms with Gasteiger partial charge in [0.05, 0.1) is 0 Å². The second kappa shape index (κ2) is 5.65. The average molecular weight is 244 g/mol. The highest BCUT2D eigenvalue weighted by Gasteiger charge is 2.40. The fourth-order valence-corrected chi connectivity index (χ4v) is 1.92. The molecular weight excluding hydrogens is 228 g/mol. The Hall–Kier alpha value is -1.59. The smallest absolute Gasteiger partial charge is 0.303 e. The minimum absolute atomic E-state index is 0.358. The number of hydrogen-bond acceptors (Lipinski definition) is 6. The molecule has 0 amide bonds. The molecule has 3 atom stereocenters. The highest BCUT2D eigenvalue weighted by atomic mass is 16.6. The molecule has 1 rings (SSSR count). The first-order valence-electron chi connectivity index (χ1n) is 5.40. The van der Waals surface area contributed by atoms with Gasteiger partial charge >= 0.3 is 17.9 Å². The summed E-state index contributed by atoms with van der Waals surface area (Å²) in [5.41, 5.74) is 0. The maximum Gasteiger partial charge on any atom is 0.303 e. The van der Waals surface area contributed by atoms with Crippen LogP contribution in [0.1, 0.15) is 33.6 Å². The molecule has 0 heterocycles. The number of rotatable bonds is 3. The predicted octanol–water partition coefficient (Wildman–Crippen LogP) is 0.575. The van der Waals surface area contributed by atoms with E-state index >= 15 is 0 Å². The van der Waals surface area contributed by atoms with Gasteiger partial charge in [-0.2, -0.15) is 0 Å². The van der Waals surface area contributed by atoms with E-state index in [0.717, 1.165) is 0 Å². The zero-order valence-corrected chi connectivity index (χ0v) is 10.1. The lowest BCUT2D eigenvalue weighted by atomic mass is 10.2. The molecule has 0 saturated heterocycles. The minimum Gasteiger partial charge on any atom is -0.462 e. The van der Waals surface area contributed by atoms with Gasteiger partial charge in [-0.1, -0.05) is 0 Å². The normalized spacial score (nSPS) is 27.4. The van der Waals surface area contributed by atoms with Crippen LogP contribution in [0.4, 0.5) is 0 Å². The van der Waals surface area contributed by atoms with Gasteiger partial charge < -0.3 is 14.2 Å². The van der Waals surface area contributed by atoms with E-state index in [1.807, 2.05) is 0 Å². The van der Waals surface area contributed by atoms with Gasteiger partial charge in [-0.25, -0.2) is 0 Å². The van der Waals surface area contributed by atoms with Crippen molar-refractivity contribution in [3.8, 4) is 0 Å². The lowest BCUT2D eigenvalue weighted by Crippen LogP contribution is -2.29. The molecule has 1 aliphatic carbocycles. The second-order valence-electron chi connectivity index (χ2n) is 4.00. The zero-order valence-electron chi connectivity index (χ0n) is 10.1. The van der Waals surface area contributed by atoms with E-state index in [1.165, 1.54) is 20.8 Å². The number of esters is 3. The molecule has 17 heavy (non-hydrogen) atoms. The van der Waals surface area contributed by atoms with Crippen LogP contribution in [0.25, 0.3) is 0 Å². The van der Waals surface area contributed by atoms with E-state index in [2.05, 4.69) is 0 Å². The van der Waals surface area contributed by atoms with Gasteiger partial charge in [-0.15, -0.1) is 0 Å². The van der Waals surface area contributed by atoms with Crippen molar-refractivity contribution in [1.29, 1.82) is 0 Å². The van der Waals surface area contributed by atoms with Gasteiger partial charge in [-0.3, -0.25) is 14.4 Å². The van der Waals surface area contributed by atoms with Crippen LogP contribution in [0.3, 0.4) is 0 Å². The summed E-state index contributed by atoms with van der Waals surface area (Å²) < 4.78 is 15.1. The predicted molar refractivity (Wildman–Crippen MR) is 55.9 cm³/mol. The fourth-order valence-electron chi connectivity index (χ4n) is 1.92. The van der Waals surface area contributed by atoms with Gasteiger partial charge in [-0.05, 0) is 0 Å². The second-order valence-corrected chi connectivity index (χ2v) is 4.00. The first kappa shape index (κ1) is 13.5. The molecule has 0 aliphatic heterocycles. The van der Waals surface area contributed by atoms with Crippen LogP contribution in [-0.4, -0.2) is 36.2 Å². The van der Waals surface area contributed by atoms with Crippen molar-refractivity contribution < 1.29 is 28.6 Å². The molecular formula is C11H16O6. The third kappa shape index (κ3) is 4.42. The Morgan fingerprint density at radius 2 is 1.12 bits per heavy atom. The molecule has 1 saturated carbocycles. The summed E-state index contributed by atoms with van der Waals surface area (Å²) in [7, 11) is 0. The first-order valence-corrected chi connectivity index (χ1v) is 5.40. The summed E-state index contributed by atoms with van der Waals surface area (Å²) in [4.78, 5) is 32.6. The largest absolute Gasteiger partial charge is 0.462 e. The Kier molecular flexibility index (Phi) is 4.48. The molecule has 0 spiro atoms. The van der Waals surface area contributed by atoms with Gasteiger partial charge in [0.15, 0.2) is 0 Å². The number of carbonyl (C=O) groups excluding carboxylic acids is 3. The summed E-state index contributed by atoms with van der Waals surface area (Å²) in [6.07, 6.45) is -0.739. The maximum absolute atomic E-state index is 10.9. The third-order valence-electron chi connectivity index (χ3n) is 2.37. The number of carbonyl (C=O) groups is 3. The Balaban J connectivity index is 2.61. The molecule has 0 radical (unpaired) electrons. The van der Waals surface area contributed by atoms with Gasteiger partial charge in [0.2, 0.25) is 0 Å². The summed E-state index contributed by atoms with van der Waals surface area (Å²) in [6, 6.07) is 0. The molecule has 1 aliphatic rings. The third-order valence-corrected chi connectivity index (χ3v) is 2.37. The van der Waals surface area contributed by atoms with Gasteiger partial charge in [0, 0.05) is 33.6 Å². The number of ether oxygens (including phenoxy) is 3. The van der Waals surface area contributed by atoms with Crippen LogP contribution in [0.2, 0.25) is 0 Å². The molecule has 0 aromatic rings. The summed E-state index contributed by atoms with van der Waals surface area (Å²) in [6.45, 7) is 3.87. The van der Waals surface area contributed by atoms with Crippen molar-refractivity contribution in [2.45, 2.75) is 51.9 Å². The standard InChI is InChI=1S/C11H16O6/c1-6(12)15-9-4-10(16-7(2)13)11(5-9)17-8(3)14/h9-11H,4-5H2,1-3H3/t9?,10-,11+. The number of hydrogen-bond donors (Lipinski definition) is 0. The molecule has 0 N–H and O–H groups in total. The fraction of sp³-hybridized carbons (Fsp3) is 0.727. The quantitative estimate of drug-likeness (QED) is 0.533. The Morgan fingerprint density at radius 3 is 1.41 bits per heavy atom. The summed E-state index contributed by atoms with van der Waals surface area (Å²) in [5, 5.41) is 0. The van der Waals surface area contributed by atoms with Crippen molar-refractivity contribution >= 4 is 17.9 Å². The van der Waals surface area contributed by atoms with Crippen LogP contribution < -0.4 is 0 Å². The van der Waals surface area contributed by atoms with Crippen molar-refractivity contribution in [1.82, 2.24) is 0 Å². The van der Waals surface area contributed by atoms with E-state index in [-0.39, 0.29) is 6.10 Å². The van der Waals surface area contributed by atoms with E-state index < -0.39 is 30.1 Å². The molecule has 0 bridgehead atoms. The molecule has 1 unspecified atom stereocenters. The highest BCUT2D eigenvalue weighted by molar-refractivity contribution is 5.68. The Labute approximate surface area is 99.2 Å². The maximum atomic E-state index is 10.9. The van der Waals surface area contributed by atoms with E-state index in [9.17, 15) is 14.4 Å². The van der Waals surface area contributed by atoms with E-state index in [4.69, 9.17) is 14.2 Å². The van der Waals surface area contributed by atoms with Crippen molar-refractivity contribution in [2.75, 3.05) is 0 Å². The molecule has 0 aromatic heterocycles. The lowest BCUT2D eigenvalue weighted by Gasteiger charge is -2.18. The molecule has 1 fully saturated rings. The monoisotopic (exact) mass is 244 g/mol. The van der Waals surface area contributed by atoms with Crippen molar-refractivity contribution in [3.05, 3.63) is 0 Å². The lowest BCUT2D eigenvalue weighted by molar-refractivity contribution is -0.162. The zero-order chi connectivity index (χ0) is 13.0. The molecule has 0 aromatic carbocycles. The van der Waals surface area contributed by atoms with Crippen LogP contribution in [0, 0.1) is 0 Å². The topological polar surface area (TPSA) is 78.9 Å².